The predicted octanol–water partition coefficient (Wildman–Crippen LogP) is 3.84. The number of hydrogen-bond donors (Lipinski definition) is 0. The molecule has 3 aromatic carbocycles. The van der Waals surface area contributed by atoms with Gasteiger partial charge in [-0.15, -0.1) is 0 Å². The topological polar surface area (TPSA) is 93.7 Å². The van der Waals surface area contributed by atoms with Crippen LogP contribution < -0.4 is 19.6 Å². The number of nitrogens with zero attached hydrogens (tertiary/aromatic N) is 3. The number of rotatable bonds is 7. The molecule has 4 aromatic rings. The Labute approximate surface area is 222 Å². The summed E-state index contributed by atoms with van der Waals surface area (Å²) in [6.07, 6.45) is 1.79. The Morgan fingerprint density at radius 3 is 2.39 bits per heavy atom. The van der Waals surface area contributed by atoms with Crippen molar-refractivity contribution in [3.63, 3.8) is 0 Å². The van der Waals surface area contributed by atoms with E-state index in [1.165, 1.54) is 11.3 Å². The molecule has 0 unspecified atom stereocenters. The maximum atomic E-state index is 13.8. The first kappa shape index (κ1) is 24.9. The van der Waals surface area contributed by atoms with Crippen LogP contribution in [0, 0.1) is 11.3 Å². The van der Waals surface area contributed by atoms with Crippen molar-refractivity contribution in [3.05, 3.63) is 127 Å². The van der Waals surface area contributed by atoms with Crippen molar-refractivity contribution in [1.82, 2.24) is 4.57 Å². The summed E-state index contributed by atoms with van der Waals surface area (Å²) in [5, 5.41) is 8.71. The van der Waals surface area contributed by atoms with Crippen molar-refractivity contribution in [2.24, 2.45) is 4.99 Å². The summed E-state index contributed by atoms with van der Waals surface area (Å²) in [6, 6.07) is 27.3. The molecule has 0 spiro atoms. The van der Waals surface area contributed by atoms with Gasteiger partial charge < -0.3 is 9.47 Å². The molecule has 2 heterocycles. The fraction of sp³-hybridized carbons (Fsp3) is 0.133. The number of carbonyl (C=O) groups excluding carboxylic acids is 1. The second kappa shape index (κ2) is 11.1. The highest BCUT2D eigenvalue weighted by Crippen LogP contribution is 2.35. The minimum absolute atomic E-state index is 0.0377. The number of ether oxygens (including phenoxy) is 2. The van der Waals surface area contributed by atoms with Crippen LogP contribution in [0.1, 0.15) is 29.7 Å². The van der Waals surface area contributed by atoms with Gasteiger partial charge in [0.2, 0.25) is 0 Å². The third-order valence-corrected chi connectivity index (χ3v) is 6.95. The first-order valence-electron chi connectivity index (χ1n) is 12.0. The quantitative estimate of drug-likeness (QED) is 0.345. The van der Waals surface area contributed by atoms with Gasteiger partial charge in [-0.05, 0) is 36.3 Å². The number of carbonyl (C=O) groups is 1. The summed E-state index contributed by atoms with van der Waals surface area (Å²) in [6.45, 7) is 1.92. The van der Waals surface area contributed by atoms with E-state index >= 15 is 0 Å². The van der Waals surface area contributed by atoms with Crippen LogP contribution in [0.3, 0.4) is 0 Å². The maximum absolute atomic E-state index is 13.8. The number of nitriles is 1. The summed E-state index contributed by atoms with van der Waals surface area (Å²) >= 11 is 1.27. The van der Waals surface area contributed by atoms with Crippen LogP contribution >= 0.6 is 11.3 Å². The van der Waals surface area contributed by atoms with Gasteiger partial charge in [0, 0.05) is 5.56 Å². The standard InChI is InChI=1S/C30H23N3O4S/c1-2-36-29(35)25-26(21-9-5-3-6-10-21)32-30-33(27(25)22-11-7-4-8-12-22)28(34)24(38-30)19-20-13-15-23(16-14-20)37-18-17-31/h3-16,19,27H,2,18H2,1H3/b24-19-/t27-/m1/s1. The molecule has 5 rings (SSSR count). The van der Waals surface area contributed by atoms with Crippen LogP contribution in [0.2, 0.25) is 0 Å². The fourth-order valence-corrected chi connectivity index (χ4v) is 5.32. The average Bonchev–Trinajstić information content (AvgIpc) is 3.27. The summed E-state index contributed by atoms with van der Waals surface area (Å²) in [5.41, 5.74) is 2.91. The fourth-order valence-electron chi connectivity index (χ4n) is 4.32. The molecule has 1 aliphatic heterocycles. The van der Waals surface area contributed by atoms with Crippen LogP contribution in [-0.4, -0.2) is 23.8 Å². The van der Waals surface area contributed by atoms with E-state index in [1.807, 2.05) is 78.9 Å². The highest BCUT2D eigenvalue weighted by Gasteiger charge is 2.35. The Kier molecular flexibility index (Phi) is 7.29. The van der Waals surface area contributed by atoms with E-state index in [1.54, 1.807) is 29.7 Å². The van der Waals surface area contributed by atoms with Gasteiger partial charge in [0.1, 0.15) is 11.8 Å². The molecular formula is C30H23N3O4S. The van der Waals surface area contributed by atoms with Gasteiger partial charge in [0.25, 0.3) is 5.56 Å². The minimum atomic E-state index is -0.703. The second-order valence-corrected chi connectivity index (χ2v) is 9.37. The van der Waals surface area contributed by atoms with E-state index < -0.39 is 12.0 Å². The zero-order valence-electron chi connectivity index (χ0n) is 20.5. The van der Waals surface area contributed by atoms with Crippen molar-refractivity contribution in [2.75, 3.05) is 13.2 Å². The Bertz CT molecular complexity index is 1710. The van der Waals surface area contributed by atoms with Crippen molar-refractivity contribution in [2.45, 2.75) is 13.0 Å². The largest absolute Gasteiger partial charge is 0.479 e. The average molecular weight is 522 g/mol. The van der Waals surface area contributed by atoms with Crippen LogP contribution in [0.4, 0.5) is 0 Å². The number of thiazole rings is 1. The van der Waals surface area contributed by atoms with Gasteiger partial charge >= 0.3 is 5.97 Å². The van der Waals surface area contributed by atoms with Crippen molar-refractivity contribution in [1.29, 1.82) is 5.26 Å². The molecule has 188 valence electrons. The normalized spacial score (nSPS) is 14.8. The Balaban J connectivity index is 1.73. The monoisotopic (exact) mass is 521 g/mol. The molecule has 0 saturated carbocycles. The first-order valence-corrected chi connectivity index (χ1v) is 12.9. The zero-order valence-corrected chi connectivity index (χ0v) is 21.4. The van der Waals surface area contributed by atoms with Gasteiger partial charge in [0.15, 0.2) is 11.4 Å². The molecule has 1 aromatic heterocycles. The molecule has 0 amide bonds. The molecule has 0 saturated heterocycles. The van der Waals surface area contributed by atoms with Crippen LogP contribution in [0.15, 0.2) is 100 Å². The molecule has 8 heteroatoms. The number of esters is 1. The third kappa shape index (κ3) is 4.92. The summed E-state index contributed by atoms with van der Waals surface area (Å²) in [7, 11) is 0. The van der Waals surface area contributed by atoms with Crippen molar-refractivity contribution in [3.8, 4) is 11.8 Å². The predicted molar refractivity (Wildman–Crippen MR) is 145 cm³/mol. The highest BCUT2D eigenvalue weighted by molar-refractivity contribution is 7.07. The molecule has 1 aliphatic rings. The van der Waals surface area contributed by atoms with E-state index in [2.05, 4.69) is 0 Å². The van der Waals surface area contributed by atoms with Gasteiger partial charge in [-0.2, -0.15) is 5.26 Å². The van der Waals surface area contributed by atoms with Crippen molar-refractivity contribution < 1.29 is 14.3 Å². The summed E-state index contributed by atoms with van der Waals surface area (Å²) < 4.78 is 12.8. The molecule has 0 N–H and O–H groups in total. The van der Waals surface area contributed by atoms with E-state index in [9.17, 15) is 9.59 Å². The van der Waals surface area contributed by atoms with Crippen molar-refractivity contribution >= 4 is 29.1 Å². The molecule has 0 radical (unpaired) electrons. The molecule has 0 bridgehead atoms. The Hall–Kier alpha value is -4.74. The lowest BCUT2D eigenvalue weighted by Gasteiger charge is -2.25. The van der Waals surface area contributed by atoms with Gasteiger partial charge in [0.05, 0.1) is 28.5 Å². The first-order chi connectivity index (χ1) is 18.6. The summed E-state index contributed by atoms with van der Waals surface area (Å²) in [4.78, 5) is 32.6. The van der Waals surface area contributed by atoms with Crippen LogP contribution in [0.5, 0.6) is 5.75 Å². The second-order valence-electron chi connectivity index (χ2n) is 8.36. The number of benzene rings is 3. The molecule has 38 heavy (non-hydrogen) atoms. The van der Waals surface area contributed by atoms with E-state index in [-0.39, 0.29) is 18.8 Å². The van der Waals surface area contributed by atoms with Crippen LogP contribution in [-0.2, 0) is 9.53 Å². The van der Waals surface area contributed by atoms with E-state index in [0.29, 0.717) is 26.4 Å². The van der Waals surface area contributed by atoms with E-state index in [0.717, 1.165) is 16.7 Å². The zero-order chi connectivity index (χ0) is 26.5. The minimum Gasteiger partial charge on any atom is -0.479 e. The van der Waals surface area contributed by atoms with Crippen LogP contribution in [0.25, 0.3) is 11.8 Å². The lowest BCUT2D eigenvalue weighted by molar-refractivity contribution is -0.138. The third-order valence-electron chi connectivity index (χ3n) is 5.97. The number of fused-ring (bicyclic) bond motifs is 1. The Morgan fingerprint density at radius 1 is 1.05 bits per heavy atom. The molecular weight excluding hydrogens is 498 g/mol. The number of hydrogen-bond acceptors (Lipinski definition) is 7. The maximum Gasteiger partial charge on any atom is 0.338 e. The highest BCUT2D eigenvalue weighted by atomic mass is 32.1. The molecule has 1 atom stereocenters. The van der Waals surface area contributed by atoms with Gasteiger partial charge in [-0.1, -0.05) is 84.1 Å². The summed E-state index contributed by atoms with van der Waals surface area (Å²) in [5.74, 6) is 0.0620. The smallest absolute Gasteiger partial charge is 0.338 e. The number of aromatic nitrogens is 1. The van der Waals surface area contributed by atoms with E-state index in [4.69, 9.17) is 19.7 Å². The molecule has 0 fully saturated rings. The lowest BCUT2D eigenvalue weighted by atomic mass is 9.93. The van der Waals surface area contributed by atoms with Gasteiger partial charge in [-0.25, -0.2) is 9.79 Å². The molecule has 7 nitrogen and oxygen atoms in total. The Morgan fingerprint density at radius 2 is 1.74 bits per heavy atom. The lowest BCUT2D eigenvalue weighted by Crippen LogP contribution is -2.39. The molecule has 0 aliphatic carbocycles. The van der Waals surface area contributed by atoms with Gasteiger partial charge in [-0.3, -0.25) is 9.36 Å². The SMILES string of the molecule is CCOC(=O)C1=C(c2ccccc2)N=c2s/c(=C\c3ccc(OCC#N)cc3)c(=O)n2[C@@H]1c1ccccc1.